The number of hydrogen-bond donors (Lipinski definition) is 1. The van der Waals surface area contributed by atoms with E-state index in [0.29, 0.717) is 18.7 Å². The largest absolute Gasteiger partial charge is 0.364 e. The zero-order chi connectivity index (χ0) is 13.3. The molecule has 5 heteroatoms. The molecule has 1 aliphatic heterocycles. The summed E-state index contributed by atoms with van der Waals surface area (Å²) in [5.41, 5.74) is 5.96. The first-order valence-corrected chi connectivity index (χ1v) is 6.16. The van der Waals surface area contributed by atoms with Crippen molar-refractivity contribution in [1.29, 1.82) is 0 Å². The summed E-state index contributed by atoms with van der Waals surface area (Å²) in [5.74, 6) is -1.04. The van der Waals surface area contributed by atoms with Crippen LogP contribution in [0.3, 0.4) is 0 Å². The lowest BCUT2D eigenvalue weighted by Gasteiger charge is -2.39. The van der Waals surface area contributed by atoms with Gasteiger partial charge in [0.1, 0.15) is 17.3 Å². The first kappa shape index (κ1) is 13.2. The third kappa shape index (κ3) is 2.47. The van der Waals surface area contributed by atoms with Crippen LogP contribution in [0, 0.1) is 11.6 Å². The van der Waals surface area contributed by atoms with Gasteiger partial charge in [0.15, 0.2) is 0 Å². The predicted molar refractivity (Wildman–Crippen MR) is 68.6 cm³/mol. The van der Waals surface area contributed by atoms with Gasteiger partial charge in [-0.25, -0.2) is 8.78 Å². The van der Waals surface area contributed by atoms with Crippen LogP contribution >= 0.6 is 0 Å². The Morgan fingerprint density at radius 2 is 1.89 bits per heavy atom. The molecule has 1 aromatic rings. The van der Waals surface area contributed by atoms with Crippen LogP contribution in [0.25, 0.3) is 0 Å². The zero-order valence-corrected chi connectivity index (χ0v) is 10.8. The molecule has 0 aromatic heterocycles. The Labute approximate surface area is 106 Å². The zero-order valence-electron chi connectivity index (χ0n) is 10.8. The van der Waals surface area contributed by atoms with E-state index in [1.165, 1.54) is 12.1 Å². The third-order valence-corrected chi connectivity index (χ3v) is 3.59. The average molecular weight is 255 g/mol. The van der Waals surface area contributed by atoms with Gasteiger partial charge in [-0.1, -0.05) is 0 Å². The van der Waals surface area contributed by atoms with Crippen molar-refractivity contribution >= 4 is 5.69 Å². The molecule has 0 radical (unpaired) electrons. The number of halogens is 2. The van der Waals surface area contributed by atoms with Gasteiger partial charge < -0.3 is 15.5 Å². The minimum atomic E-state index is -0.521. The molecular formula is C13H19F2N3. The topological polar surface area (TPSA) is 32.5 Å². The summed E-state index contributed by atoms with van der Waals surface area (Å²) in [4.78, 5) is 3.95. The normalized spacial score (nSPS) is 21.4. The van der Waals surface area contributed by atoms with E-state index in [1.807, 2.05) is 7.05 Å². The number of piperazine rings is 1. The second-order valence-corrected chi connectivity index (χ2v) is 4.89. The number of nitrogens with zero attached hydrogens (tertiary/aromatic N) is 2. The van der Waals surface area contributed by atoms with E-state index < -0.39 is 11.6 Å². The second-order valence-electron chi connectivity index (χ2n) is 4.89. The number of hydrogen-bond acceptors (Lipinski definition) is 3. The Morgan fingerprint density at radius 1 is 1.28 bits per heavy atom. The van der Waals surface area contributed by atoms with Gasteiger partial charge >= 0.3 is 0 Å². The molecule has 1 aromatic carbocycles. The van der Waals surface area contributed by atoms with Crippen molar-refractivity contribution in [3.63, 3.8) is 0 Å². The molecule has 1 fully saturated rings. The van der Waals surface area contributed by atoms with Crippen LogP contribution < -0.4 is 10.6 Å². The summed E-state index contributed by atoms with van der Waals surface area (Å²) in [6, 6.07) is 2.93. The Hall–Kier alpha value is -1.20. The lowest BCUT2D eigenvalue weighted by Crippen LogP contribution is -2.50. The lowest BCUT2D eigenvalue weighted by molar-refractivity contribution is 0.232. The van der Waals surface area contributed by atoms with Crippen molar-refractivity contribution in [2.24, 2.45) is 5.73 Å². The van der Waals surface area contributed by atoms with Crippen LogP contribution in [0.1, 0.15) is 12.5 Å². The second kappa shape index (κ2) is 5.20. The molecule has 1 unspecified atom stereocenters. The Bertz CT molecular complexity index is 413. The Kier molecular flexibility index (Phi) is 3.82. The molecule has 3 nitrogen and oxygen atoms in total. The van der Waals surface area contributed by atoms with Gasteiger partial charge in [-0.05, 0) is 31.7 Å². The Balaban J connectivity index is 2.28. The number of likely N-dealkylation sites (N-methyl/N-ethyl adjacent to an activating group) is 1. The van der Waals surface area contributed by atoms with Gasteiger partial charge in [-0.3, -0.25) is 0 Å². The van der Waals surface area contributed by atoms with E-state index in [0.717, 1.165) is 6.54 Å². The van der Waals surface area contributed by atoms with Crippen molar-refractivity contribution in [3.8, 4) is 0 Å². The Morgan fingerprint density at radius 3 is 2.39 bits per heavy atom. The van der Waals surface area contributed by atoms with Gasteiger partial charge in [-0.15, -0.1) is 0 Å². The van der Waals surface area contributed by atoms with Gasteiger partial charge in [0, 0.05) is 32.2 Å². The molecule has 0 spiro atoms. The van der Waals surface area contributed by atoms with Crippen molar-refractivity contribution in [2.75, 3.05) is 31.6 Å². The molecular weight excluding hydrogens is 236 g/mol. The van der Waals surface area contributed by atoms with E-state index in [4.69, 9.17) is 5.73 Å². The standard InChI is InChI=1S/C13H19F2N3/c1-9-8-18(4-3-17(9)2)13-11(14)5-10(7-16)6-12(13)15/h5-6,9H,3-4,7-8,16H2,1-2H3. The fraction of sp³-hybridized carbons (Fsp3) is 0.538. The number of benzene rings is 1. The molecule has 0 amide bonds. The molecule has 1 aliphatic rings. The molecule has 1 saturated heterocycles. The molecule has 18 heavy (non-hydrogen) atoms. The highest BCUT2D eigenvalue weighted by Gasteiger charge is 2.25. The van der Waals surface area contributed by atoms with E-state index in [9.17, 15) is 8.78 Å². The maximum absolute atomic E-state index is 14.0. The molecule has 0 saturated carbocycles. The summed E-state index contributed by atoms with van der Waals surface area (Å²) in [7, 11) is 2.02. The maximum Gasteiger partial charge on any atom is 0.149 e. The molecule has 100 valence electrons. The SMILES string of the molecule is CC1CN(c2c(F)cc(CN)cc2F)CCN1C. The van der Waals surface area contributed by atoms with E-state index in [-0.39, 0.29) is 18.3 Å². The van der Waals surface area contributed by atoms with Crippen molar-refractivity contribution in [2.45, 2.75) is 19.5 Å². The van der Waals surface area contributed by atoms with Crippen molar-refractivity contribution < 1.29 is 8.78 Å². The minimum Gasteiger partial charge on any atom is -0.364 e. The summed E-state index contributed by atoms with van der Waals surface area (Å²) < 4.78 is 27.9. The van der Waals surface area contributed by atoms with Crippen molar-refractivity contribution in [1.82, 2.24) is 4.90 Å². The molecule has 2 N–H and O–H groups in total. The number of nitrogens with two attached hydrogens (primary N) is 1. The van der Waals surface area contributed by atoms with Gasteiger partial charge in [0.25, 0.3) is 0 Å². The molecule has 1 heterocycles. The fourth-order valence-electron chi connectivity index (χ4n) is 2.29. The van der Waals surface area contributed by atoms with E-state index in [1.54, 1.807) is 4.90 Å². The van der Waals surface area contributed by atoms with Crippen LogP contribution in [0.15, 0.2) is 12.1 Å². The lowest BCUT2D eigenvalue weighted by atomic mass is 10.1. The minimum absolute atomic E-state index is 0.0761. The molecule has 1 atom stereocenters. The highest BCUT2D eigenvalue weighted by Crippen LogP contribution is 2.26. The summed E-state index contributed by atoms with van der Waals surface area (Å²) >= 11 is 0. The van der Waals surface area contributed by atoms with Gasteiger partial charge in [-0.2, -0.15) is 0 Å². The number of rotatable bonds is 2. The maximum atomic E-state index is 14.0. The van der Waals surface area contributed by atoms with Gasteiger partial charge in [0.05, 0.1) is 0 Å². The van der Waals surface area contributed by atoms with Crippen LogP contribution in [0.5, 0.6) is 0 Å². The fourth-order valence-corrected chi connectivity index (χ4v) is 2.29. The smallest absolute Gasteiger partial charge is 0.149 e. The summed E-state index contributed by atoms with van der Waals surface area (Å²) in [6.07, 6.45) is 0. The van der Waals surface area contributed by atoms with Crippen LogP contribution in [0.2, 0.25) is 0 Å². The van der Waals surface area contributed by atoms with E-state index >= 15 is 0 Å². The van der Waals surface area contributed by atoms with E-state index in [2.05, 4.69) is 11.8 Å². The first-order valence-electron chi connectivity index (χ1n) is 6.16. The van der Waals surface area contributed by atoms with Gasteiger partial charge in [0.2, 0.25) is 0 Å². The molecule has 0 bridgehead atoms. The summed E-state index contributed by atoms with van der Waals surface area (Å²) in [6.45, 7) is 4.27. The third-order valence-electron chi connectivity index (χ3n) is 3.59. The number of anilines is 1. The quantitative estimate of drug-likeness (QED) is 0.870. The van der Waals surface area contributed by atoms with Crippen molar-refractivity contribution in [3.05, 3.63) is 29.3 Å². The highest BCUT2D eigenvalue weighted by molar-refractivity contribution is 5.51. The predicted octanol–water partition coefficient (Wildman–Crippen LogP) is 1.56. The first-order chi connectivity index (χ1) is 8.52. The average Bonchev–Trinajstić information content (AvgIpc) is 2.32. The van der Waals surface area contributed by atoms with Crippen LogP contribution in [-0.4, -0.2) is 37.6 Å². The molecule has 2 rings (SSSR count). The highest BCUT2D eigenvalue weighted by atomic mass is 19.1. The monoisotopic (exact) mass is 255 g/mol. The summed E-state index contributed by atoms with van der Waals surface area (Å²) in [5, 5.41) is 0. The van der Waals surface area contributed by atoms with Crippen LogP contribution in [-0.2, 0) is 6.54 Å². The molecule has 0 aliphatic carbocycles. The van der Waals surface area contributed by atoms with Crippen LogP contribution in [0.4, 0.5) is 14.5 Å².